The molecule has 0 bridgehead atoms. The number of nitrogens with zero attached hydrogens (tertiary/aromatic N) is 3. The van der Waals surface area contributed by atoms with Crippen LogP contribution in [0.1, 0.15) is 68.2 Å². The first kappa shape index (κ1) is 33.7. The minimum atomic E-state index is -0.339. The number of aromatic nitrogens is 3. The van der Waals surface area contributed by atoms with Gasteiger partial charge in [-0.15, -0.1) is 0 Å². The van der Waals surface area contributed by atoms with E-state index in [0.29, 0.717) is 31.0 Å². The summed E-state index contributed by atoms with van der Waals surface area (Å²) >= 11 is 0. The molecule has 2 N–H and O–H groups in total. The molecule has 7 aromatic rings. The Morgan fingerprint density at radius 2 is 1.37 bits per heavy atom. The molecule has 0 saturated heterocycles. The van der Waals surface area contributed by atoms with E-state index in [-0.39, 0.29) is 17.6 Å². The van der Waals surface area contributed by atoms with Crippen molar-refractivity contribution in [1.82, 2.24) is 14.1 Å². The second-order valence-electron chi connectivity index (χ2n) is 13.5. The van der Waals surface area contributed by atoms with Gasteiger partial charge in [0.25, 0.3) is 0 Å². The van der Waals surface area contributed by atoms with E-state index < -0.39 is 0 Å². The van der Waals surface area contributed by atoms with Gasteiger partial charge < -0.3 is 19.6 Å². The minimum absolute atomic E-state index is 0.199. The first-order valence-electron chi connectivity index (χ1n) is 17.1. The zero-order valence-electron chi connectivity index (χ0n) is 29.0. The summed E-state index contributed by atoms with van der Waals surface area (Å²) in [6, 6.07) is 27.7. The molecule has 1 aliphatic carbocycles. The van der Waals surface area contributed by atoms with Crippen LogP contribution in [0.3, 0.4) is 0 Å². The molecule has 8 rings (SSSR count). The molecule has 6 nitrogen and oxygen atoms in total. The Balaban J connectivity index is 0.000000182. The first-order chi connectivity index (χ1) is 24.6. The largest absolute Gasteiger partial charge is 0.465 e. The van der Waals surface area contributed by atoms with Crippen molar-refractivity contribution in [3.8, 4) is 0 Å². The standard InChI is InChI=1S/C27H25FN2O2.C16H15FN2/c1-17-10-19(13-25-24(27(31)32-2)14-22(15-29-25)20-6-7-20)11-21-8-9-30(26(17)21)16-18-4-3-5-23(28)12-18;1-11-7-15(18)9-13-5-6-19(16(11)13)10-12-3-2-4-14(17)8-12/h3-5,8-12,14-15,20H,6-7,13,16H2,1-2H3;2-9H,10,18H2,1H3. The maximum absolute atomic E-state index is 13.6. The Labute approximate surface area is 296 Å². The molecule has 0 amide bonds. The lowest BCUT2D eigenvalue weighted by atomic mass is 9.99. The molecule has 0 spiro atoms. The molecule has 51 heavy (non-hydrogen) atoms. The number of fused-ring (bicyclic) bond motifs is 2. The summed E-state index contributed by atoms with van der Waals surface area (Å²) in [5.74, 6) is -0.236. The van der Waals surface area contributed by atoms with Crippen molar-refractivity contribution in [2.75, 3.05) is 12.8 Å². The number of ether oxygens (including phenoxy) is 1. The van der Waals surface area contributed by atoms with Gasteiger partial charge in [-0.1, -0.05) is 30.3 Å². The summed E-state index contributed by atoms with van der Waals surface area (Å²) in [5, 5.41) is 2.24. The zero-order chi connectivity index (χ0) is 35.6. The van der Waals surface area contributed by atoms with Crippen LogP contribution >= 0.6 is 0 Å². The lowest BCUT2D eigenvalue weighted by Crippen LogP contribution is -2.09. The van der Waals surface area contributed by atoms with Gasteiger partial charge in [-0.05, 0) is 127 Å². The van der Waals surface area contributed by atoms with Gasteiger partial charge in [-0.3, -0.25) is 4.98 Å². The summed E-state index contributed by atoms with van der Waals surface area (Å²) in [6.07, 6.45) is 8.83. The number of carbonyl (C=O) groups is 1. The van der Waals surface area contributed by atoms with Crippen LogP contribution < -0.4 is 5.73 Å². The number of hydrogen-bond donors (Lipinski definition) is 1. The lowest BCUT2D eigenvalue weighted by molar-refractivity contribution is 0.0599. The molecular formula is C43H40F2N4O2. The smallest absolute Gasteiger partial charge is 0.339 e. The second-order valence-corrected chi connectivity index (χ2v) is 13.5. The Hall–Kier alpha value is -5.76. The zero-order valence-corrected chi connectivity index (χ0v) is 29.0. The maximum Gasteiger partial charge on any atom is 0.339 e. The predicted octanol–water partition coefficient (Wildman–Crippen LogP) is 9.51. The van der Waals surface area contributed by atoms with E-state index in [1.165, 1.54) is 19.2 Å². The predicted molar refractivity (Wildman–Crippen MR) is 199 cm³/mol. The third kappa shape index (κ3) is 7.55. The summed E-state index contributed by atoms with van der Waals surface area (Å²) in [7, 11) is 1.41. The van der Waals surface area contributed by atoms with Crippen molar-refractivity contribution in [3.63, 3.8) is 0 Å². The van der Waals surface area contributed by atoms with Crippen molar-refractivity contribution < 1.29 is 18.3 Å². The Bertz CT molecular complexity index is 2390. The van der Waals surface area contributed by atoms with Gasteiger partial charge in [0.15, 0.2) is 0 Å². The number of rotatable bonds is 8. The van der Waals surface area contributed by atoms with Crippen LogP contribution in [0.15, 0.2) is 110 Å². The number of nitrogens with two attached hydrogens (primary N) is 1. The van der Waals surface area contributed by atoms with Crippen LogP contribution in [0, 0.1) is 25.5 Å². The monoisotopic (exact) mass is 682 g/mol. The summed E-state index contributed by atoms with van der Waals surface area (Å²) in [6.45, 7) is 5.39. The SMILES string of the molecule is COC(=O)c1cc(C2CC2)cnc1Cc1cc(C)c2c(ccn2Cc2cccc(F)c2)c1.Cc1cc(N)cc2ccn(Cc3cccc(F)c3)c12. The number of halogens is 2. The van der Waals surface area contributed by atoms with E-state index in [2.05, 4.69) is 39.2 Å². The van der Waals surface area contributed by atoms with Crippen LogP contribution in [0.5, 0.6) is 0 Å². The van der Waals surface area contributed by atoms with Gasteiger partial charge in [0, 0.05) is 54.6 Å². The maximum atomic E-state index is 13.6. The van der Waals surface area contributed by atoms with Crippen LogP contribution in [0.4, 0.5) is 14.5 Å². The molecule has 4 aromatic carbocycles. The average molecular weight is 683 g/mol. The lowest BCUT2D eigenvalue weighted by Gasteiger charge is -2.12. The highest BCUT2D eigenvalue weighted by molar-refractivity contribution is 5.91. The van der Waals surface area contributed by atoms with Crippen molar-refractivity contribution >= 4 is 33.5 Å². The number of anilines is 1. The van der Waals surface area contributed by atoms with Crippen LogP contribution in [0.25, 0.3) is 21.8 Å². The van der Waals surface area contributed by atoms with Crippen LogP contribution in [-0.4, -0.2) is 27.2 Å². The molecule has 3 aromatic heterocycles. The fourth-order valence-electron chi connectivity index (χ4n) is 7.05. The first-order valence-corrected chi connectivity index (χ1v) is 17.1. The fourth-order valence-corrected chi connectivity index (χ4v) is 7.05. The van der Waals surface area contributed by atoms with Gasteiger partial charge in [-0.25, -0.2) is 13.6 Å². The third-order valence-corrected chi connectivity index (χ3v) is 9.49. The molecule has 0 atom stereocenters. The van der Waals surface area contributed by atoms with E-state index in [4.69, 9.17) is 10.5 Å². The molecular weight excluding hydrogens is 642 g/mol. The molecule has 1 saturated carbocycles. The van der Waals surface area contributed by atoms with E-state index in [1.807, 2.05) is 61.9 Å². The van der Waals surface area contributed by atoms with E-state index >= 15 is 0 Å². The minimum Gasteiger partial charge on any atom is -0.465 e. The van der Waals surface area contributed by atoms with Crippen molar-refractivity contribution in [2.45, 2.75) is 52.1 Å². The second kappa shape index (κ2) is 14.2. The summed E-state index contributed by atoms with van der Waals surface area (Å²) < 4.78 is 36.1. The number of benzene rings is 4. The van der Waals surface area contributed by atoms with Gasteiger partial charge in [-0.2, -0.15) is 0 Å². The number of carbonyl (C=O) groups excluding carboxylic acids is 1. The van der Waals surface area contributed by atoms with Crippen molar-refractivity contribution in [2.24, 2.45) is 0 Å². The number of methoxy groups -OCH3 is 1. The number of esters is 1. The number of pyridine rings is 1. The molecule has 0 unspecified atom stereocenters. The number of nitrogen functional groups attached to an aromatic ring is 1. The topological polar surface area (TPSA) is 75.1 Å². The summed E-state index contributed by atoms with van der Waals surface area (Å²) in [4.78, 5) is 17.0. The number of aryl methyl sites for hydroxylation is 2. The quantitative estimate of drug-likeness (QED) is 0.128. The van der Waals surface area contributed by atoms with Gasteiger partial charge in [0.1, 0.15) is 11.6 Å². The van der Waals surface area contributed by atoms with Crippen molar-refractivity contribution in [1.29, 1.82) is 0 Å². The van der Waals surface area contributed by atoms with Crippen LogP contribution in [-0.2, 0) is 24.2 Å². The highest BCUT2D eigenvalue weighted by atomic mass is 19.1. The molecule has 1 fully saturated rings. The highest BCUT2D eigenvalue weighted by Gasteiger charge is 2.26. The van der Waals surface area contributed by atoms with Gasteiger partial charge >= 0.3 is 5.97 Å². The molecule has 0 aliphatic heterocycles. The van der Waals surface area contributed by atoms with Crippen LogP contribution in [0.2, 0.25) is 0 Å². The highest BCUT2D eigenvalue weighted by Crippen LogP contribution is 2.40. The Kier molecular flexibility index (Phi) is 9.41. The van der Waals surface area contributed by atoms with E-state index in [0.717, 1.165) is 79.4 Å². The summed E-state index contributed by atoms with van der Waals surface area (Å²) in [5.41, 5.74) is 16.5. The van der Waals surface area contributed by atoms with E-state index in [9.17, 15) is 13.6 Å². The van der Waals surface area contributed by atoms with E-state index in [1.54, 1.807) is 24.3 Å². The molecule has 3 heterocycles. The molecule has 0 radical (unpaired) electrons. The average Bonchev–Trinajstić information content (AvgIpc) is 3.76. The van der Waals surface area contributed by atoms with Gasteiger partial charge in [0.05, 0.1) is 29.4 Å². The fraction of sp³-hybridized carbons (Fsp3) is 0.209. The third-order valence-electron chi connectivity index (χ3n) is 9.49. The normalized spacial score (nSPS) is 12.6. The van der Waals surface area contributed by atoms with Crippen molar-refractivity contribution in [3.05, 3.63) is 166 Å². The Morgan fingerprint density at radius 1 is 0.784 bits per heavy atom. The van der Waals surface area contributed by atoms with Gasteiger partial charge in [0.2, 0.25) is 0 Å². The molecule has 258 valence electrons. The number of hydrogen-bond acceptors (Lipinski definition) is 4. The molecule has 1 aliphatic rings. The molecule has 8 heteroatoms. The Morgan fingerprint density at radius 3 is 1.94 bits per heavy atom.